The quantitative estimate of drug-likeness (QED) is 0.693. The molecule has 1 aromatic heterocycles. The van der Waals surface area contributed by atoms with Gasteiger partial charge in [0, 0.05) is 27.0 Å². The molecule has 1 N–H and O–H groups in total. The van der Waals surface area contributed by atoms with Gasteiger partial charge < -0.3 is 5.32 Å². The van der Waals surface area contributed by atoms with Crippen molar-refractivity contribution in [3.05, 3.63) is 32.2 Å². The van der Waals surface area contributed by atoms with Gasteiger partial charge in [-0.05, 0) is 31.2 Å². The van der Waals surface area contributed by atoms with E-state index in [9.17, 15) is 0 Å². The van der Waals surface area contributed by atoms with Crippen LogP contribution in [0.3, 0.4) is 0 Å². The first-order valence-corrected chi connectivity index (χ1v) is 8.97. The van der Waals surface area contributed by atoms with Crippen LogP contribution in [0.1, 0.15) is 25.3 Å². The van der Waals surface area contributed by atoms with Crippen molar-refractivity contribution in [2.45, 2.75) is 32.7 Å². The third kappa shape index (κ3) is 4.62. The maximum atomic E-state index is 4.29. The third-order valence-electron chi connectivity index (χ3n) is 2.75. The van der Waals surface area contributed by atoms with Crippen molar-refractivity contribution in [3.8, 4) is 10.6 Å². The second kappa shape index (κ2) is 7.64. The van der Waals surface area contributed by atoms with E-state index in [1.54, 1.807) is 11.3 Å². The van der Waals surface area contributed by atoms with Crippen LogP contribution < -0.4 is 5.32 Å². The van der Waals surface area contributed by atoms with Gasteiger partial charge in [0.25, 0.3) is 0 Å². The summed E-state index contributed by atoms with van der Waals surface area (Å²) in [5.74, 6) is 0. The standard InChI is InChI=1S/C14H17Br2N3S/c1-9(2)17-7-3-4-13-18-19-14(20-13)11-6-5-10(15)8-12(11)16/h5-6,8-9,17H,3-4,7H2,1-2H3. The van der Waals surface area contributed by atoms with E-state index in [-0.39, 0.29) is 0 Å². The number of aromatic nitrogens is 2. The zero-order valence-electron chi connectivity index (χ0n) is 11.5. The van der Waals surface area contributed by atoms with Crippen molar-refractivity contribution in [2.75, 3.05) is 6.54 Å². The fourth-order valence-corrected chi connectivity index (χ4v) is 4.04. The van der Waals surface area contributed by atoms with Crippen LogP contribution in [-0.4, -0.2) is 22.8 Å². The summed E-state index contributed by atoms with van der Waals surface area (Å²) < 4.78 is 2.09. The summed E-state index contributed by atoms with van der Waals surface area (Å²) in [7, 11) is 0. The van der Waals surface area contributed by atoms with Crippen LogP contribution in [0.25, 0.3) is 10.6 Å². The minimum atomic E-state index is 0.540. The Bertz CT molecular complexity index is 569. The molecule has 2 rings (SSSR count). The van der Waals surface area contributed by atoms with Gasteiger partial charge in [-0.1, -0.05) is 57.0 Å². The number of aryl methyl sites for hydroxylation is 1. The Morgan fingerprint density at radius 3 is 2.75 bits per heavy atom. The molecule has 0 bridgehead atoms. The molecular formula is C14H17Br2N3S. The predicted molar refractivity (Wildman–Crippen MR) is 92.2 cm³/mol. The van der Waals surface area contributed by atoms with Crippen molar-refractivity contribution in [3.63, 3.8) is 0 Å². The van der Waals surface area contributed by atoms with E-state index in [4.69, 9.17) is 0 Å². The fraction of sp³-hybridized carbons (Fsp3) is 0.429. The molecule has 6 heteroatoms. The monoisotopic (exact) mass is 417 g/mol. The van der Waals surface area contributed by atoms with E-state index in [0.717, 1.165) is 43.9 Å². The van der Waals surface area contributed by atoms with E-state index in [0.29, 0.717) is 6.04 Å². The summed E-state index contributed by atoms with van der Waals surface area (Å²) in [6.45, 7) is 5.34. The lowest BCUT2D eigenvalue weighted by molar-refractivity contribution is 0.569. The SMILES string of the molecule is CC(C)NCCCc1nnc(-c2ccc(Br)cc2Br)s1. The molecule has 0 unspecified atom stereocenters. The maximum absolute atomic E-state index is 4.29. The third-order valence-corrected chi connectivity index (χ3v) is 4.91. The number of halogens is 2. The number of nitrogens with zero attached hydrogens (tertiary/aromatic N) is 2. The average Bonchev–Trinajstić information content (AvgIpc) is 2.83. The summed E-state index contributed by atoms with van der Waals surface area (Å²) in [4.78, 5) is 0. The van der Waals surface area contributed by atoms with Gasteiger partial charge >= 0.3 is 0 Å². The Balaban J connectivity index is 1.98. The van der Waals surface area contributed by atoms with Crippen LogP contribution in [0.4, 0.5) is 0 Å². The lowest BCUT2D eigenvalue weighted by Crippen LogP contribution is -2.23. The number of hydrogen-bond donors (Lipinski definition) is 1. The molecule has 2 aromatic rings. The molecule has 0 aliphatic carbocycles. The van der Waals surface area contributed by atoms with Crippen LogP contribution in [0.15, 0.2) is 27.1 Å². The molecule has 0 amide bonds. The first-order chi connectivity index (χ1) is 9.56. The zero-order valence-corrected chi connectivity index (χ0v) is 15.5. The van der Waals surface area contributed by atoms with Gasteiger partial charge in [-0.15, -0.1) is 10.2 Å². The summed E-state index contributed by atoms with van der Waals surface area (Å²) in [6, 6.07) is 6.65. The molecule has 0 saturated carbocycles. The van der Waals surface area contributed by atoms with Gasteiger partial charge in [0.1, 0.15) is 10.0 Å². The number of hydrogen-bond acceptors (Lipinski definition) is 4. The van der Waals surface area contributed by atoms with Crippen molar-refractivity contribution < 1.29 is 0 Å². The Morgan fingerprint density at radius 1 is 1.25 bits per heavy atom. The second-order valence-electron chi connectivity index (χ2n) is 4.84. The molecule has 1 aromatic carbocycles. The van der Waals surface area contributed by atoms with Gasteiger partial charge in [-0.2, -0.15) is 0 Å². The molecule has 0 radical (unpaired) electrons. The summed E-state index contributed by atoms with van der Waals surface area (Å²) in [6.07, 6.45) is 2.07. The predicted octanol–water partition coefficient (Wildman–Crippen LogP) is 4.66. The van der Waals surface area contributed by atoms with Crippen LogP contribution in [0, 0.1) is 0 Å². The van der Waals surface area contributed by atoms with Crippen molar-refractivity contribution in [1.82, 2.24) is 15.5 Å². The molecule has 1 heterocycles. The molecule has 0 atom stereocenters. The van der Waals surface area contributed by atoms with Crippen LogP contribution in [-0.2, 0) is 6.42 Å². The topological polar surface area (TPSA) is 37.8 Å². The highest BCUT2D eigenvalue weighted by atomic mass is 79.9. The van der Waals surface area contributed by atoms with Gasteiger partial charge in [0.05, 0.1) is 0 Å². The highest BCUT2D eigenvalue weighted by Gasteiger charge is 2.10. The molecular weight excluding hydrogens is 402 g/mol. The van der Waals surface area contributed by atoms with Crippen LogP contribution in [0.5, 0.6) is 0 Å². The van der Waals surface area contributed by atoms with E-state index < -0.39 is 0 Å². The largest absolute Gasteiger partial charge is 0.315 e. The molecule has 0 fully saturated rings. The van der Waals surface area contributed by atoms with Crippen molar-refractivity contribution in [2.24, 2.45) is 0 Å². The molecule has 0 aliphatic rings. The van der Waals surface area contributed by atoms with E-state index in [1.165, 1.54) is 0 Å². The number of rotatable bonds is 6. The summed E-state index contributed by atoms with van der Waals surface area (Å²) in [5, 5.41) is 14.1. The van der Waals surface area contributed by atoms with Crippen LogP contribution >= 0.6 is 43.2 Å². The maximum Gasteiger partial charge on any atom is 0.148 e. The lowest BCUT2D eigenvalue weighted by atomic mass is 10.2. The normalized spacial score (nSPS) is 11.2. The Morgan fingerprint density at radius 2 is 2.05 bits per heavy atom. The molecule has 20 heavy (non-hydrogen) atoms. The van der Waals surface area contributed by atoms with E-state index in [1.807, 2.05) is 12.1 Å². The van der Waals surface area contributed by atoms with E-state index >= 15 is 0 Å². The molecule has 0 spiro atoms. The fourth-order valence-electron chi connectivity index (χ4n) is 1.76. The number of nitrogens with one attached hydrogen (secondary N) is 1. The number of benzene rings is 1. The molecule has 3 nitrogen and oxygen atoms in total. The van der Waals surface area contributed by atoms with Gasteiger partial charge in [0.2, 0.25) is 0 Å². The van der Waals surface area contributed by atoms with Crippen molar-refractivity contribution >= 4 is 43.2 Å². The molecule has 0 aliphatic heterocycles. The van der Waals surface area contributed by atoms with Gasteiger partial charge in [0.15, 0.2) is 0 Å². The Kier molecular flexibility index (Phi) is 6.14. The Labute approximate surface area is 140 Å². The first-order valence-electron chi connectivity index (χ1n) is 6.57. The molecule has 0 saturated heterocycles. The average molecular weight is 419 g/mol. The van der Waals surface area contributed by atoms with Gasteiger partial charge in [-0.25, -0.2) is 0 Å². The zero-order chi connectivity index (χ0) is 14.5. The minimum absolute atomic E-state index is 0.540. The first kappa shape index (κ1) is 16.1. The second-order valence-corrected chi connectivity index (χ2v) is 7.67. The summed E-state index contributed by atoms with van der Waals surface area (Å²) in [5.41, 5.74) is 1.09. The van der Waals surface area contributed by atoms with Crippen molar-refractivity contribution in [1.29, 1.82) is 0 Å². The van der Waals surface area contributed by atoms with Crippen LogP contribution in [0.2, 0.25) is 0 Å². The Hall–Kier alpha value is -0.300. The smallest absolute Gasteiger partial charge is 0.148 e. The minimum Gasteiger partial charge on any atom is -0.315 e. The highest BCUT2D eigenvalue weighted by Crippen LogP contribution is 2.32. The highest BCUT2D eigenvalue weighted by molar-refractivity contribution is 9.11. The van der Waals surface area contributed by atoms with E-state index in [2.05, 4.69) is 67.3 Å². The van der Waals surface area contributed by atoms with Gasteiger partial charge in [-0.3, -0.25) is 0 Å². The lowest BCUT2D eigenvalue weighted by Gasteiger charge is -2.05. The molecule has 108 valence electrons. The summed E-state index contributed by atoms with van der Waals surface area (Å²) >= 11 is 8.70.